The first-order valence-corrected chi connectivity index (χ1v) is 3.68. The minimum atomic E-state index is 0.581. The van der Waals surface area contributed by atoms with Crippen molar-refractivity contribution in [1.82, 2.24) is 0 Å². The third-order valence-electron chi connectivity index (χ3n) is 1.70. The molecule has 56 valence electrons. The minimum Gasteiger partial charge on any atom is -0.466 e. The van der Waals surface area contributed by atoms with E-state index in [-0.39, 0.29) is 0 Å². The van der Waals surface area contributed by atoms with Gasteiger partial charge in [0.1, 0.15) is 11.5 Å². The highest BCUT2D eigenvalue weighted by atomic mass is 16.3. The number of hydrogen-bond donors (Lipinski definition) is 0. The third kappa shape index (κ3) is 1.23. The van der Waals surface area contributed by atoms with Crippen LogP contribution in [0.3, 0.4) is 0 Å². The molecule has 1 aromatic rings. The second-order valence-corrected chi connectivity index (χ2v) is 3.02. The van der Waals surface area contributed by atoms with Crippen molar-refractivity contribution in [1.29, 1.82) is 0 Å². The van der Waals surface area contributed by atoms with Gasteiger partial charge >= 0.3 is 0 Å². The van der Waals surface area contributed by atoms with E-state index >= 15 is 0 Å². The van der Waals surface area contributed by atoms with E-state index in [2.05, 4.69) is 19.9 Å². The minimum absolute atomic E-state index is 0.581. The zero-order valence-electron chi connectivity index (χ0n) is 7.06. The van der Waals surface area contributed by atoms with Crippen LogP contribution >= 0.6 is 0 Å². The van der Waals surface area contributed by atoms with E-state index in [1.54, 1.807) is 0 Å². The van der Waals surface area contributed by atoms with Gasteiger partial charge in [0.25, 0.3) is 0 Å². The van der Waals surface area contributed by atoms with E-state index in [0.717, 1.165) is 11.5 Å². The fraction of sp³-hybridized carbons (Fsp3) is 0.556. The molecule has 1 aromatic heterocycles. The van der Waals surface area contributed by atoms with Crippen molar-refractivity contribution < 1.29 is 4.42 Å². The zero-order valence-corrected chi connectivity index (χ0v) is 7.06. The fourth-order valence-corrected chi connectivity index (χ4v) is 1.22. The molecule has 0 amide bonds. The topological polar surface area (TPSA) is 13.1 Å². The van der Waals surface area contributed by atoms with E-state index in [1.807, 2.05) is 13.8 Å². The molecule has 10 heavy (non-hydrogen) atoms. The van der Waals surface area contributed by atoms with E-state index in [1.165, 1.54) is 5.56 Å². The average molecular weight is 138 g/mol. The van der Waals surface area contributed by atoms with Gasteiger partial charge in [-0.05, 0) is 31.4 Å². The van der Waals surface area contributed by atoms with Gasteiger partial charge in [-0.3, -0.25) is 0 Å². The van der Waals surface area contributed by atoms with Crippen molar-refractivity contribution in [3.05, 3.63) is 23.2 Å². The number of aryl methyl sites for hydroxylation is 2. The Balaban J connectivity index is 3.03. The quantitative estimate of drug-likeness (QED) is 0.581. The maximum absolute atomic E-state index is 5.38. The van der Waals surface area contributed by atoms with Crippen LogP contribution in [0.4, 0.5) is 0 Å². The molecule has 0 aliphatic carbocycles. The van der Waals surface area contributed by atoms with Crippen molar-refractivity contribution in [2.45, 2.75) is 33.6 Å². The van der Waals surface area contributed by atoms with Crippen LogP contribution in [0.2, 0.25) is 0 Å². The Hall–Kier alpha value is -0.720. The molecule has 1 rings (SSSR count). The lowest BCUT2D eigenvalue weighted by molar-refractivity contribution is 0.499. The molecule has 0 fully saturated rings. The highest BCUT2D eigenvalue weighted by Crippen LogP contribution is 2.21. The van der Waals surface area contributed by atoms with Gasteiger partial charge in [-0.15, -0.1) is 0 Å². The molecular formula is C9H14O. The summed E-state index contributed by atoms with van der Waals surface area (Å²) >= 11 is 0. The number of furan rings is 1. The van der Waals surface area contributed by atoms with Crippen LogP contribution < -0.4 is 0 Å². The molecule has 0 spiro atoms. The van der Waals surface area contributed by atoms with Crippen molar-refractivity contribution >= 4 is 0 Å². The molecule has 0 aliphatic heterocycles. The molecule has 1 heteroatoms. The predicted molar refractivity (Wildman–Crippen MR) is 42.3 cm³/mol. The van der Waals surface area contributed by atoms with Crippen molar-refractivity contribution in [2.24, 2.45) is 0 Å². The normalized spacial score (nSPS) is 10.9. The van der Waals surface area contributed by atoms with E-state index in [0.29, 0.717) is 5.92 Å². The molecule has 0 unspecified atom stereocenters. The Morgan fingerprint density at radius 2 is 1.90 bits per heavy atom. The summed E-state index contributed by atoms with van der Waals surface area (Å²) < 4.78 is 5.38. The van der Waals surface area contributed by atoms with E-state index in [9.17, 15) is 0 Å². The highest BCUT2D eigenvalue weighted by Gasteiger charge is 2.06. The molecule has 1 nitrogen and oxygen atoms in total. The lowest BCUT2D eigenvalue weighted by Crippen LogP contribution is -1.84. The maximum atomic E-state index is 5.38. The Morgan fingerprint density at radius 3 is 2.10 bits per heavy atom. The summed E-state index contributed by atoms with van der Waals surface area (Å²) in [6.07, 6.45) is 0. The van der Waals surface area contributed by atoms with Gasteiger partial charge in [0.15, 0.2) is 0 Å². The molecule has 0 radical (unpaired) electrons. The first-order valence-electron chi connectivity index (χ1n) is 3.68. The Labute approximate surface area is 62.1 Å². The summed E-state index contributed by atoms with van der Waals surface area (Å²) in [5.74, 6) is 2.66. The summed E-state index contributed by atoms with van der Waals surface area (Å²) in [6, 6.07) is 2.11. The number of rotatable bonds is 1. The van der Waals surface area contributed by atoms with Gasteiger partial charge in [0.2, 0.25) is 0 Å². The summed E-state index contributed by atoms with van der Waals surface area (Å²) in [7, 11) is 0. The Morgan fingerprint density at radius 1 is 1.30 bits per heavy atom. The third-order valence-corrected chi connectivity index (χ3v) is 1.70. The molecule has 0 aromatic carbocycles. The molecule has 0 saturated heterocycles. The van der Waals surface area contributed by atoms with Crippen LogP contribution in [0.5, 0.6) is 0 Å². The largest absolute Gasteiger partial charge is 0.466 e. The fourth-order valence-electron chi connectivity index (χ4n) is 1.22. The van der Waals surface area contributed by atoms with Crippen LogP contribution in [0.1, 0.15) is 36.8 Å². The van der Waals surface area contributed by atoms with Crippen LogP contribution in [-0.2, 0) is 0 Å². The monoisotopic (exact) mass is 138 g/mol. The van der Waals surface area contributed by atoms with Crippen LogP contribution in [0.25, 0.3) is 0 Å². The van der Waals surface area contributed by atoms with E-state index in [4.69, 9.17) is 4.42 Å². The first kappa shape index (κ1) is 7.39. The van der Waals surface area contributed by atoms with Gasteiger partial charge in [-0.1, -0.05) is 13.8 Å². The standard InChI is InChI=1S/C9H14O/c1-6(2)9-5-7(3)10-8(9)4/h5-6H,1-4H3. The lowest BCUT2D eigenvalue weighted by Gasteiger charge is -1.99. The predicted octanol–water partition coefficient (Wildman–Crippen LogP) is 3.02. The van der Waals surface area contributed by atoms with Gasteiger partial charge in [-0.25, -0.2) is 0 Å². The van der Waals surface area contributed by atoms with E-state index < -0.39 is 0 Å². The van der Waals surface area contributed by atoms with Gasteiger partial charge < -0.3 is 4.42 Å². The van der Waals surface area contributed by atoms with Crippen molar-refractivity contribution in [2.75, 3.05) is 0 Å². The molecule has 0 saturated carbocycles. The summed E-state index contributed by atoms with van der Waals surface area (Å²) in [5.41, 5.74) is 1.33. The Kier molecular flexibility index (Phi) is 1.84. The second-order valence-electron chi connectivity index (χ2n) is 3.02. The molecule has 0 N–H and O–H groups in total. The summed E-state index contributed by atoms with van der Waals surface area (Å²) in [6.45, 7) is 8.36. The van der Waals surface area contributed by atoms with Gasteiger partial charge in [0.05, 0.1) is 0 Å². The maximum Gasteiger partial charge on any atom is 0.104 e. The first-order chi connectivity index (χ1) is 4.61. The van der Waals surface area contributed by atoms with Crippen molar-refractivity contribution in [3.8, 4) is 0 Å². The Bertz CT molecular complexity index is 221. The summed E-state index contributed by atoms with van der Waals surface area (Å²) in [4.78, 5) is 0. The molecule has 0 bridgehead atoms. The van der Waals surface area contributed by atoms with Crippen molar-refractivity contribution in [3.63, 3.8) is 0 Å². The summed E-state index contributed by atoms with van der Waals surface area (Å²) in [5, 5.41) is 0. The van der Waals surface area contributed by atoms with Crippen LogP contribution in [0.15, 0.2) is 10.5 Å². The van der Waals surface area contributed by atoms with Gasteiger partial charge in [-0.2, -0.15) is 0 Å². The lowest BCUT2D eigenvalue weighted by atomic mass is 10.0. The molecule has 0 aliphatic rings. The average Bonchev–Trinajstić information content (AvgIpc) is 2.10. The van der Waals surface area contributed by atoms with Crippen LogP contribution in [-0.4, -0.2) is 0 Å². The smallest absolute Gasteiger partial charge is 0.104 e. The SMILES string of the molecule is Cc1cc(C(C)C)c(C)o1. The molecule has 1 heterocycles. The highest BCUT2D eigenvalue weighted by molar-refractivity contribution is 5.23. The van der Waals surface area contributed by atoms with Gasteiger partial charge in [0, 0.05) is 0 Å². The number of hydrogen-bond acceptors (Lipinski definition) is 1. The van der Waals surface area contributed by atoms with Crippen LogP contribution in [0, 0.1) is 13.8 Å². The second kappa shape index (κ2) is 2.49. The molecule has 0 atom stereocenters. The molecular weight excluding hydrogens is 124 g/mol. The zero-order chi connectivity index (χ0) is 7.72.